The Bertz CT molecular complexity index is 848. The lowest BCUT2D eigenvalue weighted by molar-refractivity contribution is 0.145. The Balaban J connectivity index is 0.00000192. The predicted octanol–water partition coefficient (Wildman–Crippen LogP) is 4.20. The van der Waals surface area contributed by atoms with Crippen LogP contribution in [0.15, 0.2) is 48.1 Å². The zero-order valence-corrected chi connectivity index (χ0v) is 17.9. The number of halogens is 1. The minimum Gasteiger partial charge on any atom is -0.316 e. The molecule has 2 saturated heterocycles. The van der Waals surface area contributed by atoms with E-state index in [1.807, 2.05) is 0 Å². The SMILES string of the molecule is Cl.c1ccc(C2(c3cn4ccsc4n3)CCN(CC3CCCNC3)CC2)cc1. The zero-order chi connectivity index (χ0) is 18.1. The third kappa shape index (κ3) is 3.73. The Morgan fingerprint density at radius 1 is 1.18 bits per heavy atom. The van der Waals surface area contributed by atoms with Gasteiger partial charge in [-0.2, -0.15) is 0 Å². The van der Waals surface area contributed by atoms with Crippen molar-refractivity contribution in [3.63, 3.8) is 0 Å². The van der Waals surface area contributed by atoms with E-state index in [0.717, 1.165) is 36.8 Å². The fourth-order valence-corrected chi connectivity index (χ4v) is 5.67. The maximum Gasteiger partial charge on any atom is 0.193 e. The van der Waals surface area contributed by atoms with Crippen LogP contribution in [-0.4, -0.2) is 47.0 Å². The Kier molecular flexibility index (Phi) is 6.07. The normalized spacial score (nSPS) is 22.8. The van der Waals surface area contributed by atoms with Gasteiger partial charge in [0.25, 0.3) is 0 Å². The Morgan fingerprint density at radius 2 is 2.00 bits per heavy atom. The van der Waals surface area contributed by atoms with Crippen molar-refractivity contribution >= 4 is 28.7 Å². The van der Waals surface area contributed by atoms with Crippen LogP contribution < -0.4 is 5.32 Å². The molecule has 2 aliphatic heterocycles. The second-order valence-electron chi connectivity index (χ2n) is 8.18. The molecule has 1 unspecified atom stereocenters. The van der Waals surface area contributed by atoms with E-state index in [1.54, 1.807) is 11.3 Å². The molecule has 1 aromatic carbocycles. The summed E-state index contributed by atoms with van der Waals surface area (Å²) in [5, 5.41) is 5.68. The fraction of sp³-hybridized carbons (Fsp3) is 0.500. The van der Waals surface area contributed by atoms with Gasteiger partial charge in [-0.3, -0.25) is 4.40 Å². The Labute approximate surface area is 177 Å². The monoisotopic (exact) mass is 416 g/mol. The number of hydrogen-bond donors (Lipinski definition) is 1. The molecule has 6 heteroatoms. The van der Waals surface area contributed by atoms with Crippen LogP contribution in [0.1, 0.15) is 36.9 Å². The molecule has 4 heterocycles. The van der Waals surface area contributed by atoms with Crippen molar-refractivity contribution in [2.24, 2.45) is 5.92 Å². The second-order valence-corrected chi connectivity index (χ2v) is 9.05. The first kappa shape index (κ1) is 19.9. The maximum absolute atomic E-state index is 5.04. The minimum atomic E-state index is 0. The third-order valence-electron chi connectivity index (χ3n) is 6.53. The van der Waals surface area contributed by atoms with E-state index >= 15 is 0 Å². The molecular formula is C22H29ClN4S. The number of hydrogen-bond acceptors (Lipinski definition) is 4. The highest BCUT2D eigenvalue weighted by molar-refractivity contribution is 7.15. The Morgan fingerprint density at radius 3 is 2.71 bits per heavy atom. The molecule has 0 aliphatic carbocycles. The first-order valence-corrected chi connectivity index (χ1v) is 11.1. The van der Waals surface area contributed by atoms with E-state index in [-0.39, 0.29) is 17.8 Å². The summed E-state index contributed by atoms with van der Waals surface area (Å²) in [5.41, 5.74) is 2.73. The highest BCUT2D eigenvalue weighted by Crippen LogP contribution is 2.41. The van der Waals surface area contributed by atoms with Crippen LogP contribution in [0.5, 0.6) is 0 Å². The first-order chi connectivity index (χ1) is 13.3. The van der Waals surface area contributed by atoms with Crippen LogP contribution in [0.4, 0.5) is 0 Å². The van der Waals surface area contributed by atoms with Crippen molar-refractivity contribution in [2.45, 2.75) is 31.1 Å². The number of imidazole rings is 1. The molecule has 28 heavy (non-hydrogen) atoms. The molecular weight excluding hydrogens is 388 g/mol. The van der Waals surface area contributed by atoms with Gasteiger partial charge < -0.3 is 10.2 Å². The summed E-state index contributed by atoms with van der Waals surface area (Å²) in [7, 11) is 0. The number of fused-ring (bicyclic) bond motifs is 1. The Hall–Kier alpha value is -1.40. The molecule has 0 amide bonds. The summed E-state index contributed by atoms with van der Waals surface area (Å²) in [5.74, 6) is 0.820. The van der Waals surface area contributed by atoms with E-state index in [9.17, 15) is 0 Å². The van der Waals surface area contributed by atoms with Crippen molar-refractivity contribution in [3.8, 4) is 0 Å². The smallest absolute Gasteiger partial charge is 0.193 e. The van der Waals surface area contributed by atoms with E-state index in [0.29, 0.717) is 0 Å². The number of benzene rings is 1. The highest BCUT2D eigenvalue weighted by Gasteiger charge is 2.40. The van der Waals surface area contributed by atoms with E-state index in [2.05, 4.69) is 62.7 Å². The molecule has 0 spiro atoms. The fourth-order valence-electron chi connectivity index (χ4n) is 4.97. The molecule has 3 aromatic rings. The van der Waals surface area contributed by atoms with Gasteiger partial charge in [-0.05, 0) is 63.3 Å². The zero-order valence-electron chi connectivity index (χ0n) is 16.2. The average Bonchev–Trinajstić information content (AvgIpc) is 3.33. The molecule has 5 rings (SSSR count). The van der Waals surface area contributed by atoms with E-state index in [1.165, 1.54) is 43.7 Å². The maximum atomic E-state index is 5.04. The lowest BCUT2D eigenvalue weighted by atomic mass is 9.70. The molecule has 1 N–H and O–H groups in total. The minimum absolute atomic E-state index is 0. The number of thiazole rings is 1. The van der Waals surface area contributed by atoms with Gasteiger partial charge in [0.15, 0.2) is 4.96 Å². The molecule has 0 saturated carbocycles. The lowest BCUT2D eigenvalue weighted by Crippen LogP contribution is -2.46. The van der Waals surface area contributed by atoms with Gasteiger partial charge in [-0.1, -0.05) is 30.3 Å². The van der Waals surface area contributed by atoms with Gasteiger partial charge in [0.1, 0.15) is 0 Å². The number of nitrogens with zero attached hydrogens (tertiary/aromatic N) is 3. The van der Waals surface area contributed by atoms with Gasteiger partial charge in [-0.25, -0.2) is 4.98 Å². The van der Waals surface area contributed by atoms with Crippen LogP contribution >= 0.6 is 23.7 Å². The average molecular weight is 417 g/mol. The van der Waals surface area contributed by atoms with Gasteiger partial charge in [-0.15, -0.1) is 23.7 Å². The van der Waals surface area contributed by atoms with Gasteiger partial charge >= 0.3 is 0 Å². The molecule has 0 bridgehead atoms. The summed E-state index contributed by atoms with van der Waals surface area (Å²) in [6.07, 6.45) is 9.41. The number of nitrogens with one attached hydrogen (secondary N) is 1. The number of aromatic nitrogens is 2. The molecule has 4 nitrogen and oxygen atoms in total. The first-order valence-electron chi connectivity index (χ1n) is 10.2. The molecule has 2 fully saturated rings. The van der Waals surface area contributed by atoms with E-state index in [4.69, 9.17) is 4.98 Å². The van der Waals surface area contributed by atoms with Crippen LogP contribution in [-0.2, 0) is 5.41 Å². The summed E-state index contributed by atoms with van der Waals surface area (Å²) >= 11 is 1.72. The summed E-state index contributed by atoms with van der Waals surface area (Å²) < 4.78 is 2.19. The van der Waals surface area contributed by atoms with Crippen molar-refractivity contribution in [3.05, 3.63) is 59.4 Å². The number of rotatable bonds is 4. The predicted molar refractivity (Wildman–Crippen MR) is 119 cm³/mol. The topological polar surface area (TPSA) is 32.6 Å². The largest absolute Gasteiger partial charge is 0.316 e. The van der Waals surface area contributed by atoms with Crippen molar-refractivity contribution in [1.82, 2.24) is 19.6 Å². The molecule has 1 atom stereocenters. The highest BCUT2D eigenvalue weighted by atomic mass is 35.5. The van der Waals surface area contributed by atoms with Crippen molar-refractivity contribution < 1.29 is 0 Å². The van der Waals surface area contributed by atoms with Gasteiger partial charge in [0.2, 0.25) is 0 Å². The molecule has 2 aliphatic rings. The molecule has 150 valence electrons. The van der Waals surface area contributed by atoms with E-state index < -0.39 is 0 Å². The van der Waals surface area contributed by atoms with Crippen LogP contribution in [0.2, 0.25) is 0 Å². The molecule has 0 radical (unpaired) electrons. The second kappa shape index (κ2) is 8.54. The summed E-state index contributed by atoms with van der Waals surface area (Å²) in [6.45, 7) is 5.96. The van der Waals surface area contributed by atoms with Crippen molar-refractivity contribution in [1.29, 1.82) is 0 Å². The van der Waals surface area contributed by atoms with Crippen LogP contribution in [0.3, 0.4) is 0 Å². The lowest BCUT2D eigenvalue weighted by Gasteiger charge is -2.42. The number of piperidine rings is 2. The van der Waals surface area contributed by atoms with Crippen LogP contribution in [0, 0.1) is 5.92 Å². The standard InChI is InChI=1S/C22H28N4S.ClH/c1-2-6-19(7-3-1)22(20-17-26-13-14-27-21(26)24-20)8-11-25(12-9-22)16-18-5-4-10-23-15-18;/h1-3,6-7,13-14,17-18,23H,4-5,8-12,15-16H2;1H. The number of likely N-dealkylation sites (tertiary alicyclic amines) is 1. The van der Waals surface area contributed by atoms with Gasteiger partial charge in [0, 0.05) is 29.7 Å². The van der Waals surface area contributed by atoms with Gasteiger partial charge in [0.05, 0.1) is 5.69 Å². The summed E-state index contributed by atoms with van der Waals surface area (Å²) in [4.78, 5) is 8.84. The van der Waals surface area contributed by atoms with Crippen LogP contribution in [0.25, 0.3) is 4.96 Å². The molecule has 2 aromatic heterocycles. The summed E-state index contributed by atoms with van der Waals surface area (Å²) in [6, 6.07) is 11.1. The third-order valence-corrected chi connectivity index (χ3v) is 7.31. The van der Waals surface area contributed by atoms with Crippen molar-refractivity contribution in [2.75, 3.05) is 32.7 Å². The quantitative estimate of drug-likeness (QED) is 0.691.